The smallest absolute Gasteiger partial charge is 0.210 e. The molecule has 0 amide bonds. The monoisotopic (exact) mass is 290 g/mol. The van der Waals surface area contributed by atoms with Crippen LogP contribution in [-0.4, -0.2) is 16.0 Å². The molecular formula is C13H14N4S2. The Hall–Kier alpha value is -1.58. The molecule has 0 aliphatic rings. The van der Waals surface area contributed by atoms with Crippen molar-refractivity contribution in [1.29, 1.82) is 5.26 Å². The van der Waals surface area contributed by atoms with Crippen molar-refractivity contribution < 1.29 is 0 Å². The fraction of sp³-hybridized carbons (Fsp3) is 0.308. The molecule has 0 saturated heterocycles. The summed E-state index contributed by atoms with van der Waals surface area (Å²) in [5.41, 5.74) is 2.21. The number of nitriles is 1. The summed E-state index contributed by atoms with van der Waals surface area (Å²) < 4.78 is 0.886. The summed E-state index contributed by atoms with van der Waals surface area (Å²) in [5.74, 6) is 0.775. The number of benzene rings is 1. The summed E-state index contributed by atoms with van der Waals surface area (Å²) >= 11 is 3.08. The van der Waals surface area contributed by atoms with E-state index in [0.717, 1.165) is 20.9 Å². The Morgan fingerprint density at radius 3 is 3.05 bits per heavy atom. The van der Waals surface area contributed by atoms with E-state index in [1.807, 2.05) is 19.1 Å². The van der Waals surface area contributed by atoms with Gasteiger partial charge < -0.3 is 5.32 Å². The number of nitrogens with zero attached hydrogens (tertiary/aromatic N) is 3. The fourth-order valence-electron chi connectivity index (χ4n) is 1.40. The van der Waals surface area contributed by atoms with Crippen LogP contribution in [0.15, 0.2) is 28.6 Å². The van der Waals surface area contributed by atoms with Crippen molar-refractivity contribution in [3.05, 3.63) is 29.8 Å². The molecule has 6 heteroatoms. The summed E-state index contributed by atoms with van der Waals surface area (Å²) in [6, 6.07) is 10.3. The summed E-state index contributed by atoms with van der Waals surface area (Å²) in [6.07, 6.45) is 0. The molecule has 0 spiro atoms. The van der Waals surface area contributed by atoms with Gasteiger partial charge in [-0.1, -0.05) is 35.2 Å². The van der Waals surface area contributed by atoms with Crippen molar-refractivity contribution in [2.45, 2.75) is 18.2 Å². The van der Waals surface area contributed by atoms with Crippen molar-refractivity contribution in [2.75, 3.05) is 11.1 Å². The third kappa shape index (κ3) is 4.23. The van der Waals surface area contributed by atoms with Crippen LogP contribution < -0.4 is 5.32 Å². The van der Waals surface area contributed by atoms with Crippen LogP contribution in [0.4, 0.5) is 10.8 Å². The predicted molar refractivity (Wildman–Crippen MR) is 79.9 cm³/mol. The number of anilines is 2. The van der Waals surface area contributed by atoms with Crippen molar-refractivity contribution >= 4 is 33.9 Å². The molecule has 98 valence electrons. The molecule has 19 heavy (non-hydrogen) atoms. The highest BCUT2D eigenvalue weighted by molar-refractivity contribution is 8.01. The van der Waals surface area contributed by atoms with Gasteiger partial charge in [-0.15, -0.1) is 10.2 Å². The van der Waals surface area contributed by atoms with Crippen molar-refractivity contribution in [2.24, 2.45) is 5.92 Å². The van der Waals surface area contributed by atoms with Crippen LogP contribution in [0.2, 0.25) is 0 Å². The van der Waals surface area contributed by atoms with E-state index >= 15 is 0 Å². The molecule has 0 aliphatic carbocycles. The molecule has 0 unspecified atom stereocenters. The lowest BCUT2D eigenvalue weighted by molar-refractivity contribution is 0.862. The van der Waals surface area contributed by atoms with E-state index in [1.165, 1.54) is 16.9 Å². The molecule has 1 atom stereocenters. The second-order valence-electron chi connectivity index (χ2n) is 4.21. The number of thioether (sulfide) groups is 1. The van der Waals surface area contributed by atoms with Crippen LogP contribution in [-0.2, 0) is 0 Å². The molecule has 0 aliphatic heterocycles. The Morgan fingerprint density at radius 2 is 2.32 bits per heavy atom. The predicted octanol–water partition coefficient (Wildman–Crippen LogP) is 3.84. The summed E-state index contributed by atoms with van der Waals surface area (Å²) in [5, 5.41) is 20.9. The van der Waals surface area contributed by atoms with E-state index in [0.29, 0.717) is 0 Å². The van der Waals surface area contributed by atoms with Crippen LogP contribution >= 0.6 is 23.1 Å². The highest BCUT2D eigenvalue weighted by Crippen LogP contribution is 2.28. The summed E-state index contributed by atoms with van der Waals surface area (Å²) in [6.45, 7) is 3.95. The molecule has 0 saturated carbocycles. The number of aromatic nitrogens is 2. The van der Waals surface area contributed by atoms with E-state index < -0.39 is 0 Å². The fourth-order valence-corrected chi connectivity index (χ4v) is 3.14. The van der Waals surface area contributed by atoms with Crippen LogP contribution in [0.3, 0.4) is 0 Å². The molecule has 2 aromatic rings. The van der Waals surface area contributed by atoms with Gasteiger partial charge in [-0.2, -0.15) is 5.26 Å². The van der Waals surface area contributed by atoms with Gasteiger partial charge in [0.1, 0.15) is 0 Å². The summed E-state index contributed by atoms with van der Waals surface area (Å²) in [7, 11) is 0. The van der Waals surface area contributed by atoms with Gasteiger partial charge in [0, 0.05) is 11.4 Å². The molecule has 4 nitrogen and oxygen atoms in total. The standard InChI is InChI=1S/C13H14N4S2/c1-9-4-3-5-11(6-9)15-12-16-17-13(19-12)18-8-10(2)7-14/h3-6,10H,8H2,1-2H3,(H,15,16)/t10-/m1/s1. The second-order valence-corrected chi connectivity index (χ2v) is 6.45. The number of aryl methyl sites for hydroxylation is 1. The van der Waals surface area contributed by atoms with Crippen molar-refractivity contribution in [1.82, 2.24) is 10.2 Å². The quantitative estimate of drug-likeness (QED) is 0.848. The molecule has 1 aromatic heterocycles. The Bertz CT molecular complexity index is 588. The first-order valence-electron chi connectivity index (χ1n) is 5.87. The Morgan fingerprint density at radius 1 is 1.47 bits per heavy atom. The maximum absolute atomic E-state index is 8.73. The topological polar surface area (TPSA) is 61.6 Å². The molecule has 0 fully saturated rings. The van der Waals surface area contributed by atoms with Gasteiger partial charge in [-0.3, -0.25) is 0 Å². The third-order valence-electron chi connectivity index (χ3n) is 2.35. The molecule has 1 aromatic carbocycles. The van der Waals surface area contributed by atoms with Crippen LogP contribution in [0.1, 0.15) is 12.5 Å². The second kappa shape index (κ2) is 6.55. The lowest BCUT2D eigenvalue weighted by Crippen LogP contribution is -1.92. The Kier molecular flexibility index (Phi) is 4.77. The van der Waals surface area contributed by atoms with Crippen molar-refractivity contribution in [3.8, 4) is 6.07 Å². The first kappa shape index (κ1) is 13.8. The van der Waals surface area contributed by atoms with E-state index in [1.54, 1.807) is 11.8 Å². The van der Waals surface area contributed by atoms with E-state index in [4.69, 9.17) is 5.26 Å². The van der Waals surface area contributed by atoms with Gasteiger partial charge in [-0.25, -0.2) is 0 Å². The minimum atomic E-state index is 0.0297. The largest absolute Gasteiger partial charge is 0.330 e. The molecule has 1 heterocycles. The normalized spacial score (nSPS) is 11.8. The molecule has 2 rings (SSSR count). The van der Waals surface area contributed by atoms with Gasteiger partial charge in [0.2, 0.25) is 5.13 Å². The molecule has 1 N–H and O–H groups in total. The zero-order chi connectivity index (χ0) is 13.7. The van der Waals surface area contributed by atoms with Gasteiger partial charge in [0.25, 0.3) is 0 Å². The minimum Gasteiger partial charge on any atom is -0.330 e. The Balaban J connectivity index is 1.96. The average molecular weight is 290 g/mol. The zero-order valence-corrected chi connectivity index (χ0v) is 12.4. The van der Waals surface area contributed by atoms with E-state index in [9.17, 15) is 0 Å². The highest BCUT2D eigenvalue weighted by Gasteiger charge is 2.07. The molecule has 0 bridgehead atoms. The lowest BCUT2D eigenvalue weighted by atomic mass is 10.2. The van der Waals surface area contributed by atoms with E-state index in [2.05, 4.69) is 40.6 Å². The van der Waals surface area contributed by atoms with Crippen molar-refractivity contribution in [3.63, 3.8) is 0 Å². The first-order valence-corrected chi connectivity index (χ1v) is 7.67. The van der Waals surface area contributed by atoms with Gasteiger partial charge in [0.05, 0.1) is 12.0 Å². The van der Waals surface area contributed by atoms with Gasteiger partial charge in [-0.05, 0) is 31.5 Å². The number of hydrogen-bond donors (Lipinski definition) is 1. The zero-order valence-electron chi connectivity index (χ0n) is 10.8. The first-order chi connectivity index (χ1) is 9.17. The number of hydrogen-bond acceptors (Lipinski definition) is 6. The van der Waals surface area contributed by atoms with E-state index in [-0.39, 0.29) is 5.92 Å². The lowest BCUT2D eigenvalue weighted by Gasteiger charge is -2.02. The number of rotatable bonds is 5. The Labute approximate surface area is 120 Å². The van der Waals surface area contributed by atoms with Gasteiger partial charge in [0.15, 0.2) is 4.34 Å². The maximum atomic E-state index is 8.73. The third-order valence-corrected chi connectivity index (χ3v) is 4.59. The number of nitrogens with one attached hydrogen (secondary N) is 1. The molecule has 0 radical (unpaired) electrons. The maximum Gasteiger partial charge on any atom is 0.210 e. The molecular weight excluding hydrogens is 276 g/mol. The minimum absolute atomic E-state index is 0.0297. The van der Waals surface area contributed by atoms with Gasteiger partial charge >= 0.3 is 0 Å². The summed E-state index contributed by atoms with van der Waals surface area (Å²) in [4.78, 5) is 0. The van der Waals surface area contributed by atoms with Crippen LogP contribution in [0, 0.1) is 24.2 Å². The average Bonchev–Trinajstić information content (AvgIpc) is 2.83. The highest BCUT2D eigenvalue weighted by atomic mass is 32.2. The SMILES string of the molecule is Cc1cccc(Nc2nnc(SC[C@H](C)C#N)s2)c1. The van der Waals surface area contributed by atoms with Crippen LogP contribution in [0.5, 0.6) is 0 Å². The van der Waals surface area contributed by atoms with Crippen LogP contribution in [0.25, 0.3) is 0 Å².